The largest absolute Gasteiger partial charge is 0.489 e. The van der Waals surface area contributed by atoms with Crippen LogP contribution in [0.1, 0.15) is 0 Å². The molecule has 0 saturated carbocycles. The number of hydrogen-bond donors (Lipinski definition) is 3. The van der Waals surface area contributed by atoms with E-state index in [4.69, 9.17) is 10.5 Å². The molecule has 1 atom stereocenters. The fraction of sp³-hybridized carbons (Fsp3) is 0.333. The molecule has 1 unspecified atom stereocenters. The Balaban J connectivity index is 2.30. The van der Waals surface area contributed by atoms with Crippen molar-refractivity contribution < 1.29 is 9.84 Å². The minimum Gasteiger partial charge on any atom is -0.489 e. The first-order valence-electron chi connectivity index (χ1n) is 4.20. The van der Waals surface area contributed by atoms with Crippen molar-refractivity contribution >= 4 is 11.4 Å². The number of benzene rings is 1. The standard InChI is InChI=1S/C9H12N2O2/c10-6-1-2-8-9(3-6)13-5-7(12)4-11-8/h1-3,7,11-12H,4-5,10H2. The predicted molar refractivity (Wildman–Crippen MR) is 50.8 cm³/mol. The van der Waals surface area contributed by atoms with Gasteiger partial charge in [0.05, 0.1) is 5.69 Å². The summed E-state index contributed by atoms with van der Waals surface area (Å²) >= 11 is 0. The second-order valence-corrected chi connectivity index (χ2v) is 3.10. The molecule has 13 heavy (non-hydrogen) atoms. The Morgan fingerprint density at radius 2 is 2.38 bits per heavy atom. The molecule has 2 rings (SSSR count). The molecule has 0 fully saturated rings. The number of hydrogen-bond acceptors (Lipinski definition) is 4. The summed E-state index contributed by atoms with van der Waals surface area (Å²) in [4.78, 5) is 0. The van der Waals surface area contributed by atoms with Crippen molar-refractivity contribution in [1.29, 1.82) is 0 Å². The van der Waals surface area contributed by atoms with Gasteiger partial charge in [-0.3, -0.25) is 0 Å². The van der Waals surface area contributed by atoms with E-state index in [1.807, 2.05) is 6.07 Å². The number of anilines is 2. The van der Waals surface area contributed by atoms with E-state index in [0.29, 0.717) is 24.6 Å². The normalized spacial score (nSPS) is 20.8. The summed E-state index contributed by atoms with van der Waals surface area (Å²) < 4.78 is 5.35. The van der Waals surface area contributed by atoms with Crippen LogP contribution in [0.2, 0.25) is 0 Å². The van der Waals surface area contributed by atoms with Crippen LogP contribution < -0.4 is 15.8 Å². The molecule has 0 aromatic heterocycles. The van der Waals surface area contributed by atoms with Gasteiger partial charge < -0.3 is 20.9 Å². The van der Waals surface area contributed by atoms with Crippen LogP contribution in [0.25, 0.3) is 0 Å². The first-order valence-corrected chi connectivity index (χ1v) is 4.20. The molecule has 0 amide bonds. The molecule has 4 heteroatoms. The lowest BCUT2D eigenvalue weighted by Crippen LogP contribution is -2.23. The molecule has 0 aliphatic carbocycles. The van der Waals surface area contributed by atoms with Crippen LogP contribution in [0.5, 0.6) is 5.75 Å². The van der Waals surface area contributed by atoms with Crippen molar-refractivity contribution in [1.82, 2.24) is 0 Å². The zero-order valence-corrected chi connectivity index (χ0v) is 7.16. The summed E-state index contributed by atoms with van der Waals surface area (Å²) in [6.07, 6.45) is -0.464. The number of fused-ring (bicyclic) bond motifs is 1. The maximum Gasteiger partial charge on any atom is 0.144 e. The highest BCUT2D eigenvalue weighted by molar-refractivity contribution is 5.62. The van der Waals surface area contributed by atoms with Gasteiger partial charge in [-0.05, 0) is 12.1 Å². The smallest absolute Gasteiger partial charge is 0.144 e. The van der Waals surface area contributed by atoms with Crippen LogP contribution in [0.4, 0.5) is 11.4 Å². The third-order valence-electron chi connectivity index (χ3n) is 1.97. The van der Waals surface area contributed by atoms with Gasteiger partial charge in [0.25, 0.3) is 0 Å². The SMILES string of the molecule is Nc1ccc2c(c1)OCC(O)CN2. The predicted octanol–water partition coefficient (Wildman–Crippen LogP) is 0.434. The molecule has 0 radical (unpaired) electrons. The van der Waals surface area contributed by atoms with E-state index in [1.165, 1.54) is 0 Å². The van der Waals surface area contributed by atoms with Crippen LogP contribution >= 0.6 is 0 Å². The highest BCUT2D eigenvalue weighted by Crippen LogP contribution is 2.28. The van der Waals surface area contributed by atoms with Crippen molar-refractivity contribution in [3.63, 3.8) is 0 Å². The Labute approximate surface area is 76.3 Å². The molecule has 0 bridgehead atoms. The van der Waals surface area contributed by atoms with Gasteiger partial charge in [0, 0.05) is 18.3 Å². The molecule has 70 valence electrons. The molecular weight excluding hydrogens is 168 g/mol. The maximum absolute atomic E-state index is 9.31. The maximum atomic E-state index is 9.31. The topological polar surface area (TPSA) is 67.5 Å². The van der Waals surface area contributed by atoms with Gasteiger partial charge in [-0.1, -0.05) is 0 Å². The molecule has 4 N–H and O–H groups in total. The lowest BCUT2D eigenvalue weighted by molar-refractivity contribution is 0.122. The molecule has 0 spiro atoms. The molecule has 1 aliphatic rings. The summed E-state index contributed by atoms with van der Waals surface area (Å²) in [5, 5.41) is 12.4. The summed E-state index contributed by atoms with van der Waals surface area (Å²) in [6.45, 7) is 0.820. The first-order chi connectivity index (χ1) is 6.25. The summed E-state index contributed by atoms with van der Waals surface area (Å²) in [6, 6.07) is 5.40. The van der Waals surface area contributed by atoms with Crippen molar-refractivity contribution in [2.45, 2.75) is 6.10 Å². The summed E-state index contributed by atoms with van der Waals surface area (Å²) in [7, 11) is 0. The van der Waals surface area contributed by atoms with Crippen molar-refractivity contribution in [2.24, 2.45) is 0 Å². The molecule has 1 aromatic carbocycles. The Hall–Kier alpha value is -1.42. The van der Waals surface area contributed by atoms with Gasteiger partial charge >= 0.3 is 0 Å². The Morgan fingerprint density at radius 1 is 1.54 bits per heavy atom. The van der Waals surface area contributed by atoms with Gasteiger partial charge in [0.1, 0.15) is 18.5 Å². The zero-order chi connectivity index (χ0) is 9.26. The Bertz CT molecular complexity index is 314. The number of rotatable bonds is 0. The minimum absolute atomic E-state index is 0.309. The number of aliphatic hydroxyl groups is 1. The van der Waals surface area contributed by atoms with Crippen LogP contribution in [-0.4, -0.2) is 24.4 Å². The average molecular weight is 180 g/mol. The lowest BCUT2D eigenvalue weighted by Gasteiger charge is -2.07. The Morgan fingerprint density at radius 3 is 3.23 bits per heavy atom. The number of ether oxygens (including phenoxy) is 1. The second-order valence-electron chi connectivity index (χ2n) is 3.10. The molecule has 1 heterocycles. The van der Waals surface area contributed by atoms with E-state index < -0.39 is 6.10 Å². The molecule has 1 aromatic rings. The van der Waals surface area contributed by atoms with E-state index in [2.05, 4.69) is 5.32 Å². The number of nitrogens with two attached hydrogens (primary N) is 1. The van der Waals surface area contributed by atoms with Gasteiger partial charge in [-0.2, -0.15) is 0 Å². The van der Waals surface area contributed by atoms with Crippen molar-refractivity contribution in [2.75, 3.05) is 24.2 Å². The Kier molecular flexibility index (Phi) is 1.98. The fourth-order valence-corrected chi connectivity index (χ4v) is 1.28. The minimum atomic E-state index is -0.464. The van der Waals surface area contributed by atoms with E-state index in [1.54, 1.807) is 12.1 Å². The molecule has 0 saturated heterocycles. The number of nitrogens with one attached hydrogen (secondary N) is 1. The summed E-state index contributed by atoms with van der Waals surface area (Å²) in [5.74, 6) is 0.705. The van der Waals surface area contributed by atoms with Gasteiger partial charge in [-0.15, -0.1) is 0 Å². The average Bonchev–Trinajstić information content (AvgIpc) is 2.29. The molecule has 1 aliphatic heterocycles. The third-order valence-corrected chi connectivity index (χ3v) is 1.97. The van der Waals surface area contributed by atoms with Gasteiger partial charge in [-0.25, -0.2) is 0 Å². The summed E-state index contributed by atoms with van der Waals surface area (Å²) in [5.41, 5.74) is 7.14. The monoisotopic (exact) mass is 180 g/mol. The van der Waals surface area contributed by atoms with E-state index in [-0.39, 0.29) is 0 Å². The number of aliphatic hydroxyl groups excluding tert-OH is 1. The van der Waals surface area contributed by atoms with Crippen LogP contribution in [0.15, 0.2) is 18.2 Å². The van der Waals surface area contributed by atoms with Crippen molar-refractivity contribution in [3.05, 3.63) is 18.2 Å². The molecule has 4 nitrogen and oxygen atoms in total. The van der Waals surface area contributed by atoms with Gasteiger partial charge in [0.15, 0.2) is 0 Å². The third kappa shape index (κ3) is 1.67. The van der Waals surface area contributed by atoms with E-state index in [9.17, 15) is 5.11 Å². The number of β-amino-alcohol motifs (C(OH)–C–C–N with tert-alkyl or cyclic N) is 1. The molecular formula is C9H12N2O2. The second kappa shape index (κ2) is 3.14. The van der Waals surface area contributed by atoms with Crippen molar-refractivity contribution in [3.8, 4) is 5.75 Å². The van der Waals surface area contributed by atoms with E-state index in [0.717, 1.165) is 5.69 Å². The van der Waals surface area contributed by atoms with Crippen LogP contribution in [-0.2, 0) is 0 Å². The zero-order valence-electron chi connectivity index (χ0n) is 7.16. The highest BCUT2D eigenvalue weighted by atomic mass is 16.5. The highest BCUT2D eigenvalue weighted by Gasteiger charge is 2.13. The van der Waals surface area contributed by atoms with E-state index >= 15 is 0 Å². The first kappa shape index (κ1) is 8.19. The lowest BCUT2D eigenvalue weighted by atomic mass is 10.2. The van der Waals surface area contributed by atoms with Crippen LogP contribution in [0.3, 0.4) is 0 Å². The fourth-order valence-electron chi connectivity index (χ4n) is 1.28. The van der Waals surface area contributed by atoms with Gasteiger partial charge in [0.2, 0.25) is 0 Å². The quantitative estimate of drug-likeness (QED) is 0.507. The van der Waals surface area contributed by atoms with Crippen LogP contribution in [0, 0.1) is 0 Å². The number of nitrogen functional groups attached to an aromatic ring is 1.